The van der Waals surface area contributed by atoms with E-state index in [1.54, 1.807) is 6.92 Å². The number of hydrogen-bond acceptors (Lipinski definition) is 4. The van der Waals surface area contributed by atoms with Gasteiger partial charge < -0.3 is 9.84 Å². The number of esters is 1. The molecule has 23 heavy (non-hydrogen) atoms. The Morgan fingerprint density at radius 2 is 2.00 bits per heavy atom. The number of carbonyl (C=O) groups is 2. The summed E-state index contributed by atoms with van der Waals surface area (Å²) in [5, 5.41) is 10.3. The van der Waals surface area contributed by atoms with Crippen LogP contribution in [-0.2, 0) is 20.7 Å². The molecule has 1 aliphatic heterocycles. The Kier molecular flexibility index (Phi) is 5.97. The maximum Gasteiger partial charge on any atom is 0.346 e. The number of carbonyl (C=O) groups excluding carboxylic acids is 2. The molecule has 0 aromatic heterocycles. The van der Waals surface area contributed by atoms with Crippen molar-refractivity contribution in [2.24, 2.45) is 5.92 Å². The number of rotatable bonds is 8. The normalized spacial score (nSPS) is 18.9. The maximum absolute atomic E-state index is 12.4. The molecular weight excluding hydrogens is 292 g/mol. The molecule has 0 radical (unpaired) electrons. The number of hydrogen-bond donors (Lipinski definition) is 1. The van der Waals surface area contributed by atoms with Crippen LogP contribution in [-0.4, -0.2) is 23.0 Å². The van der Waals surface area contributed by atoms with Gasteiger partial charge in [0.05, 0.1) is 0 Å². The second-order valence-electron chi connectivity index (χ2n) is 6.09. The van der Waals surface area contributed by atoms with Crippen molar-refractivity contribution >= 4 is 11.8 Å². The summed E-state index contributed by atoms with van der Waals surface area (Å²) in [6.07, 6.45) is 3.08. The first-order chi connectivity index (χ1) is 11.0. The molecule has 2 atom stereocenters. The molecule has 1 N–H and O–H groups in total. The summed E-state index contributed by atoms with van der Waals surface area (Å²) >= 11 is 0. The van der Waals surface area contributed by atoms with Gasteiger partial charge in [-0.2, -0.15) is 0 Å². The van der Waals surface area contributed by atoms with Crippen molar-refractivity contribution in [1.82, 2.24) is 0 Å². The first kappa shape index (κ1) is 17.3. The van der Waals surface area contributed by atoms with Crippen molar-refractivity contribution in [1.29, 1.82) is 0 Å². The first-order valence-electron chi connectivity index (χ1n) is 8.26. The van der Waals surface area contributed by atoms with Gasteiger partial charge in [0.1, 0.15) is 5.57 Å². The van der Waals surface area contributed by atoms with Gasteiger partial charge in [-0.1, -0.05) is 57.0 Å². The highest BCUT2D eigenvalue weighted by atomic mass is 16.6. The predicted molar refractivity (Wildman–Crippen MR) is 88.0 cm³/mol. The fraction of sp³-hybridized carbons (Fsp3) is 0.474. The zero-order chi connectivity index (χ0) is 16.8. The smallest absolute Gasteiger partial charge is 0.346 e. The number of aliphatic hydroxyl groups is 1. The molecule has 124 valence electrons. The predicted octanol–water partition coefficient (Wildman–Crippen LogP) is 3.75. The SMILES string of the molecule is CCCCC(C)C(=O)C1=C(O)C(CCc2ccccc2)OC1=O. The Balaban J connectivity index is 2.03. The number of aliphatic hydroxyl groups excluding tert-OH is 1. The maximum atomic E-state index is 12.4. The minimum atomic E-state index is -0.708. The zero-order valence-electron chi connectivity index (χ0n) is 13.7. The number of ether oxygens (including phenoxy) is 1. The van der Waals surface area contributed by atoms with E-state index >= 15 is 0 Å². The lowest BCUT2D eigenvalue weighted by atomic mass is 9.93. The lowest BCUT2D eigenvalue weighted by Crippen LogP contribution is -2.18. The van der Waals surface area contributed by atoms with Gasteiger partial charge in [0.2, 0.25) is 0 Å². The average Bonchev–Trinajstić information content (AvgIpc) is 2.85. The molecule has 4 nitrogen and oxygen atoms in total. The van der Waals surface area contributed by atoms with Crippen LogP contribution in [0.5, 0.6) is 0 Å². The van der Waals surface area contributed by atoms with Gasteiger partial charge >= 0.3 is 5.97 Å². The largest absolute Gasteiger partial charge is 0.507 e. The third kappa shape index (κ3) is 4.21. The highest BCUT2D eigenvalue weighted by Crippen LogP contribution is 2.28. The Labute approximate surface area is 137 Å². The van der Waals surface area contributed by atoms with E-state index in [0.717, 1.165) is 18.4 Å². The molecule has 2 rings (SSSR count). The summed E-state index contributed by atoms with van der Waals surface area (Å²) in [4.78, 5) is 24.3. The standard InChI is InChI=1S/C19H24O4/c1-3-4-8-13(2)17(20)16-18(21)15(23-19(16)22)12-11-14-9-6-5-7-10-14/h5-7,9-10,13,15,21H,3-4,8,11-12H2,1-2H3. The van der Waals surface area contributed by atoms with Crippen LogP contribution >= 0.6 is 0 Å². The number of cyclic esters (lactones) is 1. The Morgan fingerprint density at radius 3 is 2.65 bits per heavy atom. The van der Waals surface area contributed by atoms with Crippen LogP contribution in [0.25, 0.3) is 0 Å². The molecule has 0 spiro atoms. The van der Waals surface area contributed by atoms with Gasteiger partial charge in [0, 0.05) is 5.92 Å². The van der Waals surface area contributed by atoms with Crippen LogP contribution in [0.4, 0.5) is 0 Å². The highest BCUT2D eigenvalue weighted by Gasteiger charge is 2.39. The Morgan fingerprint density at radius 1 is 1.30 bits per heavy atom. The molecule has 4 heteroatoms. The van der Waals surface area contributed by atoms with Gasteiger partial charge in [-0.3, -0.25) is 4.79 Å². The van der Waals surface area contributed by atoms with Gasteiger partial charge in [-0.05, 0) is 24.8 Å². The minimum absolute atomic E-state index is 0.147. The molecular formula is C19H24O4. The Bertz CT molecular complexity index is 589. The van der Waals surface area contributed by atoms with Crippen molar-refractivity contribution in [2.75, 3.05) is 0 Å². The summed E-state index contributed by atoms with van der Waals surface area (Å²) < 4.78 is 5.20. The van der Waals surface area contributed by atoms with E-state index in [-0.39, 0.29) is 23.0 Å². The summed E-state index contributed by atoms with van der Waals surface area (Å²) in [5.74, 6) is -1.45. The van der Waals surface area contributed by atoms with Crippen LogP contribution in [0.1, 0.15) is 45.1 Å². The van der Waals surface area contributed by atoms with Crippen LogP contribution in [0.2, 0.25) is 0 Å². The van der Waals surface area contributed by atoms with E-state index in [9.17, 15) is 14.7 Å². The summed E-state index contributed by atoms with van der Waals surface area (Å²) in [5.41, 5.74) is 0.958. The van der Waals surface area contributed by atoms with Gasteiger partial charge in [0.15, 0.2) is 17.6 Å². The van der Waals surface area contributed by atoms with Crippen LogP contribution in [0.3, 0.4) is 0 Å². The number of unbranched alkanes of at least 4 members (excludes halogenated alkanes) is 1. The van der Waals surface area contributed by atoms with Crippen molar-refractivity contribution in [3.05, 3.63) is 47.2 Å². The lowest BCUT2D eigenvalue weighted by Gasteiger charge is -2.10. The second-order valence-corrected chi connectivity index (χ2v) is 6.09. The van der Waals surface area contributed by atoms with E-state index in [4.69, 9.17) is 4.74 Å². The van der Waals surface area contributed by atoms with Crippen molar-refractivity contribution in [3.8, 4) is 0 Å². The van der Waals surface area contributed by atoms with E-state index in [2.05, 4.69) is 6.92 Å². The molecule has 1 aromatic carbocycles. The van der Waals surface area contributed by atoms with E-state index in [1.807, 2.05) is 30.3 Å². The molecule has 0 aliphatic carbocycles. The fourth-order valence-electron chi connectivity index (χ4n) is 2.76. The number of aryl methyl sites for hydroxylation is 1. The molecule has 0 saturated carbocycles. The monoisotopic (exact) mass is 316 g/mol. The Hall–Kier alpha value is -2.10. The summed E-state index contributed by atoms with van der Waals surface area (Å²) in [6, 6.07) is 9.78. The first-order valence-corrected chi connectivity index (χ1v) is 8.26. The molecule has 2 unspecified atom stereocenters. The molecule has 1 aromatic rings. The van der Waals surface area contributed by atoms with E-state index < -0.39 is 12.1 Å². The summed E-state index contributed by atoms with van der Waals surface area (Å²) in [7, 11) is 0. The van der Waals surface area contributed by atoms with Gasteiger partial charge in [-0.15, -0.1) is 0 Å². The molecule has 0 amide bonds. The van der Waals surface area contributed by atoms with E-state index in [1.165, 1.54) is 0 Å². The average molecular weight is 316 g/mol. The van der Waals surface area contributed by atoms with Crippen molar-refractivity contribution in [3.63, 3.8) is 0 Å². The minimum Gasteiger partial charge on any atom is -0.507 e. The van der Waals surface area contributed by atoms with E-state index in [0.29, 0.717) is 19.3 Å². The fourth-order valence-corrected chi connectivity index (χ4v) is 2.76. The summed E-state index contributed by atoms with van der Waals surface area (Å²) in [6.45, 7) is 3.85. The highest BCUT2D eigenvalue weighted by molar-refractivity contribution is 6.19. The quantitative estimate of drug-likeness (QED) is 0.586. The molecule has 1 aliphatic rings. The number of benzene rings is 1. The van der Waals surface area contributed by atoms with Crippen molar-refractivity contribution in [2.45, 2.75) is 52.1 Å². The molecule has 0 bridgehead atoms. The lowest BCUT2D eigenvalue weighted by molar-refractivity contribution is -0.141. The third-order valence-electron chi connectivity index (χ3n) is 4.24. The van der Waals surface area contributed by atoms with Crippen LogP contribution in [0.15, 0.2) is 41.7 Å². The zero-order valence-corrected chi connectivity index (χ0v) is 13.7. The van der Waals surface area contributed by atoms with Crippen LogP contribution in [0, 0.1) is 5.92 Å². The molecule has 0 fully saturated rings. The van der Waals surface area contributed by atoms with Crippen LogP contribution < -0.4 is 0 Å². The molecule has 0 saturated heterocycles. The van der Waals surface area contributed by atoms with Gasteiger partial charge in [-0.25, -0.2) is 4.79 Å². The third-order valence-corrected chi connectivity index (χ3v) is 4.24. The topological polar surface area (TPSA) is 63.6 Å². The number of ketones is 1. The molecule has 1 heterocycles. The number of Topliss-reactive ketones (excluding diaryl/α,β-unsaturated/α-hetero) is 1. The van der Waals surface area contributed by atoms with Crippen molar-refractivity contribution < 1.29 is 19.4 Å². The second kappa shape index (κ2) is 7.95. The van der Waals surface area contributed by atoms with Gasteiger partial charge in [0.25, 0.3) is 0 Å².